The number of aromatic nitrogens is 2. The first-order chi connectivity index (χ1) is 9.58. The molecular weight excluding hydrogens is 258 g/mol. The van der Waals surface area contributed by atoms with Crippen molar-refractivity contribution in [1.82, 2.24) is 14.9 Å². The molecule has 1 aromatic rings. The molecule has 6 nitrogen and oxygen atoms in total. The second kappa shape index (κ2) is 6.36. The molecule has 0 bridgehead atoms. The lowest BCUT2D eigenvalue weighted by atomic mass is 10.3. The number of hydrogen-bond acceptors (Lipinski definition) is 5. The predicted octanol–water partition coefficient (Wildman–Crippen LogP) is 1.43. The van der Waals surface area contributed by atoms with Crippen LogP contribution in [-0.4, -0.2) is 47.1 Å². The first-order valence-electron chi connectivity index (χ1n) is 6.55. The Kier molecular flexibility index (Phi) is 4.55. The zero-order valence-corrected chi connectivity index (χ0v) is 12.0. The third-order valence-electron chi connectivity index (χ3n) is 2.96. The quantitative estimate of drug-likeness (QED) is 0.779. The van der Waals surface area contributed by atoms with Crippen LogP contribution >= 0.6 is 0 Å². The highest BCUT2D eigenvalue weighted by Crippen LogP contribution is 2.18. The van der Waals surface area contributed by atoms with Crippen LogP contribution in [-0.2, 0) is 4.79 Å². The van der Waals surface area contributed by atoms with E-state index in [1.54, 1.807) is 17.2 Å². The number of likely N-dealkylation sites (tertiary alicyclic amines) is 1. The van der Waals surface area contributed by atoms with E-state index >= 15 is 0 Å². The second-order valence-electron chi connectivity index (χ2n) is 4.93. The molecule has 0 N–H and O–H groups in total. The molecule has 1 atom stereocenters. The third kappa shape index (κ3) is 3.69. The van der Waals surface area contributed by atoms with E-state index in [-0.39, 0.29) is 12.0 Å². The Bertz CT molecular complexity index is 512. The van der Waals surface area contributed by atoms with Crippen LogP contribution < -0.4 is 9.47 Å². The minimum Gasteiger partial charge on any atom is -0.480 e. The lowest BCUT2D eigenvalue weighted by Crippen LogP contribution is -2.29. The Hall–Kier alpha value is -2.11. The molecule has 1 amide bonds. The van der Waals surface area contributed by atoms with Crippen molar-refractivity contribution in [2.75, 3.05) is 20.2 Å². The van der Waals surface area contributed by atoms with Gasteiger partial charge in [0.1, 0.15) is 6.10 Å². The minimum absolute atomic E-state index is 0.0350. The van der Waals surface area contributed by atoms with E-state index in [1.165, 1.54) is 13.3 Å². The Morgan fingerprint density at radius 1 is 1.40 bits per heavy atom. The summed E-state index contributed by atoms with van der Waals surface area (Å²) in [7, 11) is 1.53. The molecule has 108 valence electrons. The molecule has 2 heterocycles. The summed E-state index contributed by atoms with van der Waals surface area (Å²) < 4.78 is 10.7. The van der Waals surface area contributed by atoms with Gasteiger partial charge in [-0.3, -0.25) is 9.78 Å². The van der Waals surface area contributed by atoms with Crippen LogP contribution in [0, 0.1) is 0 Å². The molecular formula is C14H19N3O3. The number of hydrogen-bond donors (Lipinski definition) is 0. The van der Waals surface area contributed by atoms with Gasteiger partial charge in [0.05, 0.1) is 26.0 Å². The fourth-order valence-electron chi connectivity index (χ4n) is 2.02. The van der Waals surface area contributed by atoms with Crippen molar-refractivity contribution < 1.29 is 14.3 Å². The van der Waals surface area contributed by atoms with Crippen LogP contribution in [0.15, 0.2) is 24.0 Å². The van der Waals surface area contributed by atoms with E-state index in [9.17, 15) is 4.79 Å². The molecule has 0 spiro atoms. The molecule has 1 aliphatic rings. The fourth-order valence-corrected chi connectivity index (χ4v) is 2.02. The number of rotatable bonds is 4. The van der Waals surface area contributed by atoms with E-state index in [0.717, 1.165) is 12.0 Å². The van der Waals surface area contributed by atoms with Gasteiger partial charge in [0.15, 0.2) is 0 Å². The molecule has 0 radical (unpaired) electrons. The summed E-state index contributed by atoms with van der Waals surface area (Å²) in [5.74, 6) is 0.872. The van der Waals surface area contributed by atoms with E-state index in [0.29, 0.717) is 24.8 Å². The summed E-state index contributed by atoms with van der Waals surface area (Å²) in [5, 5.41) is 0. The SMILES string of the molecule is COc1cncc(OC2CCN(C(=O)C=C(C)C)C2)n1. The average molecular weight is 277 g/mol. The fraction of sp³-hybridized carbons (Fsp3) is 0.500. The van der Waals surface area contributed by atoms with Gasteiger partial charge in [0.2, 0.25) is 17.7 Å². The molecule has 1 saturated heterocycles. The Balaban J connectivity index is 1.93. The maximum atomic E-state index is 11.9. The summed E-state index contributed by atoms with van der Waals surface area (Å²) in [6.07, 6.45) is 5.45. The smallest absolute Gasteiger partial charge is 0.246 e. The number of carbonyl (C=O) groups is 1. The zero-order chi connectivity index (χ0) is 14.5. The highest BCUT2D eigenvalue weighted by atomic mass is 16.5. The number of ether oxygens (including phenoxy) is 2. The highest BCUT2D eigenvalue weighted by Gasteiger charge is 2.27. The predicted molar refractivity (Wildman–Crippen MR) is 73.6 cm³/mol. The number of amides is 1. The van der Waals surface area contributed by atoms with Gasteiger partial charge in [-0.05, 0) is 13.8 Å². The summed E-state index contributed by atoms with van der Waals surface area (Å²) in [5.41, 5.74) is 0.998. The molecule has 20 heavy (non-hydrogen) atoms. The molecule has 2 rings (SSSR count). The topological polar surface area (TPSA) is 64.6 Å². The minimum atomic E-state index is -0.0501. The van der Waals surface area contributed by atoms with E-state index in [1.807, 2.05) is 13.8 Å². The number of carbonyl (C=O) groups excluding carboxylic acids is 1. The Labute approximate surface area is 118 Å². The van der Waals surface area contributed by atoms with E-state index in [4.69, 9.17) is 9.47 Å². The first kappa shape index (κ1) is 14.3. The Morgan fingerprint density at radius 3 is 2.85 bits per heavy atom. The highest BCUT2D eigenvalue weighted by molar-refractivity contribution is 5.88. The van der Waals surface area contributed by atoms with Gasteiger partial charge >= 0.3 is 0 Å². The van der Waals surface area contributed by atoms with Crippen molar-refractivity contribution in [3.8, 4) is 11.8 Å². The van der Waals surface area contributed by atoms with Crippen molar-refractivity contribution >= 4 is 5.91 Å². The summed E-state index contributed by atoms with van der Waals surface area (Å²) in [6, 6.07) is 0. The van der Waals surface area contributed by atoms with Gasteiger partial charge in [0.25, 0.3) is 0 Å². The summed E-state index contributed by atoms with van der Waals surface area (Å²) in [6.45, 7) is 5.09. The van der Waals surface area contributed by atoms with Crippen molar-refractivity contribution in [2.45, 2.75) is 26.4 Å². The van der Waals surface area contributed by atoms with Crippen molar-refractivity contribution in [3.05, 3.63) is 24.0 Å². The largest absolute Gasteiger partial charge is 0.480 e. The molecule has 1 aliphatic heterocycles. The van der Waals surface area contributed by atoms with Gasteiger partial charge in [-0.25, -0.2) is 0 Å². The zero-order valence-electron chi connectivity index (χ0n) is 12.0. The van der Waals surface area contributed by atoms with Crippen LogP contribution in [0.3, 0.4) is 0 Å². The average Bonchev–Trinajstić information content (AvgIpc) is 2.87. The molecule has 0 aliphatic carbocycles. The van der Waals surface area contributed by atoms with Crippen LogP contribution in [0.1, 0.15) is 20.3 Å². The number of methoxy groups -OCH3 is 1. The van der Waals surface area contributed by atoms with Gasteiger partial charge in [-0.2, -0.15) is 4.98 Å². The number of allylic oxidation sites excluding steroid dienone is 1. The maximum Gasteiger partial charge on any atom is 0.246 e. The third-order valence-corrected chi connectivity index (χ3v) is 2.96. The lowest BCUT2D eigenvalue weighted by Gasteiger charge is -2.15. The Morgan fingerprint density at radius 2 is 2.15 bits per heavy atom. The molecule has 0 saturated carbocycles. The lowest BCUT2D eigenvalue weighted by molar-refractivity contribution is -0.125. The number of nitrogens with zero attached hydrogens (tertiary/aromatic N) is 3. The summed E-state index contributed by atoms with van der Waals surface area (Å²) >= 11 is 0. The van der Waals surface area contributed by atoms with Gasteiger partial charge in [-0.1, -0.05) is 5.57 Å². The standard InChI is InChI=1S/C14H19N3O3/c1-10(2)6-14(18)17-5-4-11(9-17)20-13-8-15-7-12(16-13)19-3/h6-8,11H,4-5,9H2,1-3H3. The molecule has 1 aromatic heterocycles. The van der Waals surface area contributed by atoms with Crippen LogP contribution in [0.5, 0.6) is 11.8 Å². The monoisotopic (exact) mass is 277 g/mol. The van der Waals surface area contributed by atoms with Crippen molar-refractivity contribution in [1.29, 1.82) is 0 Å². The van der Waals surface area contributed by atoms with Gasteiger partial charge < -0.3 is 14.4 Å². The van der Waals surface area contributed by atoms with Crippen molar-refractivity contribution in [2.24, 2.45) is 0 Å². The molecule has 6 heteroatoms. The van der Waals surface area contributed by atoms with Crippen molar-refractivity contribution in [3.63, 3.8) is 0 Å². The van der Waals surface area contributed by atoms with E-state index in [2.05, 4.69) is 9.97 Å². The maximum absolute atomic E-state index is 11.9. The molecule has 1 fully saturated rings. The van der Waals surface area contributed by atoms with Gasteiger partial charge in [0, 0.05) is 19.0 Å². The van der Waals surface area contributed by atoms with E-state index < -0.39 is 0 Å². The summed E-state index contributed by atoms with van der Waals surface area (Å²) in [4.78, 5) is 21.8. The first-order valence-corrected chi connectivity index (χ1v) is 6.55. The van der Waals surface area contributed by atoms with Crippen LogP contribution in [0.4, 0.5) is 0 Å². The second-order valence-corrected chi connectivity index (χ2v) is 4.93. The van der Waals surface area contributed by atoms with Gasteiger partial charge in [-0.15, -0.1) is 0 Å². The molecule has 0 aromatic carbocycles. The van der Waals surface area contributed by atoms with Crippen LogP contribution in [0.25, 0.3) is 0 Å². The normalized spacial score (nSPS) is 17.8. The molecule has 1 unspecified atom stereocenters. The van der Waals surface area contributed by atoms with Crippen LogP contribution in [0.2, 0.25) is 0 Å².